The smallest absolute Gasteiger partial charge is 0.446 e. The molecule has 0 fully saturated rings. The molecule has 0 aliphatic heterocycles. The molecule has 4 atom stereocenters. The lowest BCUT2D eigenvalue weighted by molar-refractivity contribution is -0.142. The van der Waals surface area contributed by atoms with Crippen LogP contribution in [0.1, 0.15) is 23.1 Å². The van der Waals surface area contributed by atoms with Gasteiger partial charge in [-0.2, -0.15) is 25.3 Å². The summed E-state index contributed by atoms with van der Waals surface area (Å²) >= 11 is 0. The fourth-order valence-electron chi connectivity index (χ4n) is 4.84. The van der Waals surface area contributed by atoms with Crippen molar-refractivity contribution in [3.05, 3.63) is 89.5 Å². The fourth-order valence-corrected chi connectivity index (χ4v) is 5.90. The molecule has 0 saturated carbocycles. The molecular formula is C31H34N4O19S3. The number of carboxylic acid groups (broad SMARTS) is 2. The minimum atomic E-state index is -4.91. The third kappa shape index (κ3) is 16.8. The van der Waals surface area contributed by atoms with Gasteiger partial charge in [0.05, 0.1) is 12.5 Å². The van der Waals surface area contributed by atoms with Crippen LogP contribution in [-0.4, -0.2) is 103 Å². The Morgan fingerprint density at radius 3 is 1.07 bits per heavy atom. The van der Waals surface area contributed by atoms with Crippen molar-refractivity contribution in [1.29, 1.82) is 0 Å². The number of hydrogen-bond acceptors (Lipinski definition) is 15. The van der Waals surface area contributed by atoms with Crippen molar-refractivity contribution in [2.24, 2.45) is 5.73 Å². The average Bonchev–Trinajstić information content (AvgIpc) is 3.07. The summed E-state index contributed by atoms with van der Waals surface area (Å²) in [7, 11) is -14.7. The molecule has 10 N–H and O–H groups in total. The first-order chi connectivity index (χ1) is 26.4. The summed E-state index contributed by atoms with van der Waals surface area (Å²) in [5.74, 6) is -7.34. The maximum Gasteiger partial charge on any atom is 0.446 e. The van der Waals surface area contributed by atoms with Crippen LogP contribution in [0.15, 0.2) is 72.8 Å². The maximum atomic E-state index is 13.8. The number of nitrogens with two attached hydrogens (primary N) is 1. The van der Waals surface area contributed by atoms with E-state index in [-0.39, 0.29) is 33.9 Å². The molecule has 0 radical (unpaired) electrons. The number of carbonyl (C=O) groups is 5. The van der Waals surface area contributed by atoms with Gasteiger partial charge >= 0.3 is 43.1 Å². The molecule has 0 aliphatic rings. The van der Waals surface area contributed by atoms with Crippen LogP contribution < -0.4 is 34.2 Å². The van der Waals surface area contributed by atoms with E-state index in [0.717, 1.165) is 36.4 Å². The first-order valence-electron chi connectivity index (χ1n) is 15.7. The lowest BCUT2D eigenvalue weighted by Gasteiger charge is -2.25. The molecule has 310 valence electrons. The molecule has 0 aliphatic carbocycles. The maximum absolute atomic E-state index is 13.8. The van der Waals surface area contributed by atoms with Crippen molar-refractivity contribution in [3.8, 4) is 17.2 Å². The third-order valence-corrected chi connectivity index (χ3v) is 8.52. The molecule has 3 aromatic carbocycles. The second-order valence-electron chi connectivity index (χ2n) is 11.8. The summed E-state index contributed by atoms with van der Waals surface area (Å²) in [5, 5.41) is 25.9. The van der Waals surface area contributed by atoms with Gasteiger partial charge in [0, 0.05) is 19.3 Å². The van der Waals surface area contributed by atoms with E-state index in [1.54, 1.807) is 0 Å². The van der Waals surface area contributed by atoms with Gasteiger partial charge in [-0.15, -0.1) is 0 Å². The predicted molar refractivity (Wildman–Crippen MR) is 191 cm³/mol. The molecular weight excluding hydrogens is 829 g/mol. The van der Waals surface area contributed by atoms with Crippen molar-refractivity contribution >= 4 is 60.9 Å². The molecule has 0 bridgehead atoms. The molecule has 26 heteroatoms. The van der Waals surface area contributed by atoms with Crippen LogP contribution >= 0.6 is 0 Å². The van der Waals surface area contributed by atoms with Crippen molar-refractivity contribution in [2.45, 2.75) is 49.9 Å². The molecule has 0 aromatic heterocycles. The molecule has 0 saturated heterocycles. The number of amides is 3. The number of nitrogens with one attached hydrogen (secondary N) is 3. The van der Waals surface area contributed by atoms with E-state index in [1.165, 1.54) is 36.4 Å². The Balaban J connectivity index is 1.95. The minimum Gasteiger partial charge on any atom is -0.481 e. The summed E-state index contributed by atoms with van der Waals surface area (Å²) in [4.78, 5) is 63.8. The number of carboxylic acids is 2. The summed E-state index contributed by atoms with van der Waals surface area (Å²) in [6, 6.07) is 7.29. The number of aliphatic carboxylic acids is 2. The number of benzene rings is 3. The van der Waals surface area contributed by atoms with E-state index in [0.29, 0.717) is 0 Å². The van der Waals surface area contributed by atoms with E-state index >= 15 is 0 Å². The summed E-state index contributed by atoms with van der Waals surface area (Å²) in [5.41, 5.74) is 6.33. The van der Waals surface area contributed by atoms with Crippen LogP contribution in [0.2, 0.25) is 0 Å². The highest BCUT2D eigenvalue weighted by Gasteiger charge is 2.31. The Hall–Kier alpha value is -5.90. The lowest BCUT2D eigenvalue weighted by Crippen LogP contribution is -2.58. The van der Waals surface area contributed by atoms with Crippen molar-refractivity contribution in [2.75, 3.05) is 0 Å². The van der Waals surface area contributed by atoms with Gasteiger partial charge in [-0.25, -0.2) is 4.79 Å². The average molecular weight is 863 g/mol. The standard InChI is InChI=1S/C31H34N4O19S3/c32-23(16-27(36)37)28(38)33-24(13-17-1-7-20(8-2-17)52-55(43,44)45)29(39)34-25(14-18-3-9-21(10-4-18)53-56(46,47)48)30(40)35-26(31(41)42)15-19-5-11-22(12-6-19)54-57(49,50)51/h1-12,23-26H,13-16,32H2,(H,33,38)(H,34,39)(H,35,40)(H,36,37)(H,41,42)(H,43,44,45)(H,46,47,48)(H,49,50,51)/t23-,24-,25-,26-/m0/s1. The number of carbonyl (C=O) groups excluding carboxylic acids is 3. The van der Waals surface area contributed by atoms with Gasteiger partial charge in [0.25, 0.3) is 0 Å². The molecule has 0 spiro atoms. The third-order valence-electron chi connectivity index (χ3n) is 7.31. The van der Waals surface area contributed by atoms with Crippen LogP contribution in [-0.2, 0) is 74.4 Å². The van der Waals surface area contributed by atoms with Crippen LogP contribution in [0.4, 0.5) is 0 Å². The van der Waals surface area contributed by atoms with Gasteiger partial charge in [0.15, 0.2) is 0 Å². The second kappa shape index (κ2) is 19.3. The zero-order valence-electron chi connectivity index (χ0n) is 28.8. The number of hydrogen-bond donors (Lipinski definition) is 9. The predicted octanol–water partition coefficient (Wildman–Crippen LogP) is -1.40. The van der Waals surface area contributed by atoms with E-state index < -0.39 is 111 Å². The van der Waals surface area contributed by atoms with Crippen molar-refractivity contribution < 1.29 is 85.6 Å². The molecule has 0 unspecified atom stereocenters. The topological polar surface area (TPSA) is 379 Å². The Morgan fingerprint density at radius 1 is 0.509 bits per heavy atom. The van der Waals surface area contributed by atoms with Gasteiger partial charge < -0.3 is 44.4 Å². The van der Waals surface area contributed by atoms with E-state index in [4.69, 9.17) is 24.5 Å². The quantitative estimate of drug-likeness (QED) is 0.0556. The Labute approximate surface area is 324 Å². The van der Waals surface area contributed by atoms with Gasteiger partial charge in [-0.3, -0.25) is 32.8 Å². The molecule has 3 rings (SSSR count). The van der Waals surface area contributed by atoms with Crippen LogP contribution in [0.3, 0.4) is 0 Å². The van der Waals surface area contributed by atoms with Gasteiger partial charge in [0.1, 0.15) is 35.4 Å². The van der Waals surface area contributed by atoms with Gasteiger partial charge in [-0.1, -0.05) is 36.4 Å². The minimum absolute atomic E-state index is 0.206. The summed E-state index contributed by atoms with van der Waals surface area (Å²) < 4.78 is 106. The molecule has 0 heterocycles. The monoisotopic (exact) mass is 862 g/mol. The molecule has 57 heavy (non-hydrogen) atoms. The van der Waals surface area contributed by atoms with Crippen LogP contribution in [0.5, 0.6) is 17.2 Å². The van der Waals surface area contributed by atoms with Crippen molar-refractivity contribution in [3.63, 3.8) is 0 Å². The Bertz CT molecular complexity index is 2270. The largest absolute Gasteiger partial charge is 0.481 e. The highest BCUT2D eigenvalue weighted by atomic mass is 32.3. The first-order valence-corrected chi connectivity index (χ1v) is 19.8. The highest BCUT2D eigenvalue weighted by Crippen LogP contribution is 2.18. The zero-order valence-corrected chi connectivity index (χ0v) is 31.3. The van der Waals surface area contributed by atoms with E-state index in [2.05, 4.69) is 28.5 Å². The van der Waals surface area contributed by atoms with Gasteiger partial charge in [0.2, 0.25) is 17.7 Å². The molecule has 23 nitrogen and oxygen atoms in total. The summed E-state index contributed by atoms with van der Waals surface area (Å²) in [6.45, 7) is 0. The second-order valence-corrected chi connectivity index (χ2v) is 14.9. The van der Waals surface area contributed by atoms with Crippen LogP contribution in [0.25, 0.3) is 0 Å². The lowest BCUT2D eigenvalue weighted by atomic mass is 10.0. The van der Waals surface area contributed by atoms with Crippen LogP contribution in [0, 0.1) is 0 Å². The zero-order chi connectivity index (χ0) is 42.7. The Morgan fingerprint density at radius 2 is 0.789 bits per heavy atom. The number of rotatable bonds is 21. The Kier molecular flexibility index (Phi) is 15.4. The normalized spacial score (nSPS) is 13.8. The summed E-state index contributed by atoms with van der Waals surface area (Å²) in [6.07, 6.45) is -2.10. The SMILES string of the molecule is N[C@@H](CC(=O)O)C(=O)N[C@@H](Cc1ccc(OS(=O)(=O)O)cc1)C(=O)N[C@@H](Cc1ccc(OS(=O)(=O)O)cc1)C(=O)N[C@@H](Cc1ccc(OS(=O)(=O)O)cc1)C(=O)O. The molecule has 3 amide bonds. The fraction of sp³-hybridized carbons (Fsp3) is 0.258. The van der Waals surface area contributed by atoms with E-state index in [9.17, 15) is 54.3 Å². The van der Waals surface area contributed by atoms with Gasteiger partial charge in [-0.05, 0) is 53.1 Å². The van der Waals surface area contributed by atoms with Crippen molar-refractivity contribution in [1.82, 2.24) is 16.0 Å². The van der Waals surface area contributed by atoms with E-state index in [1.807, 2.05) is 0 Å². The first kappa shape index (κ1) is 45.5. The molecule has 3 aromatic rings. The highest BCUT2D eigenvalue weighted by molar-refractivity contribution is 7.81.